The molecule has 0 radical (unpaired) electrons. The Balaban J connectivity index is 1.81. The van der Waals surface area contributed by atoms with E-state index in [1.54, 1.807) is 6.07 Å². The fourth-order valence-electron chi connectivity index (χ4n) is 1.80. The second-order valence-electron chi connectivity index (χ2n) is 4.64. The minimum absolute atomic E-state index is 0.00273. The van der Waals surface area contributed by atoms with Gasteiger partial charge < -0.3 is 20.5 Å². The van der Waals surface area contributed by atoms with Gasteiger partial charge in [-0.2, -0.15) is 0 Å². The van der Waals surface area contributed by atoms with Gasteiger partial charge in [0.1, 0.15) is 0 Å². The van der Waals surface area contributed by atoms with Crippen LogP contribution in [0.15, 0.2) is 18.2 Å². The van der Waals surface area contributed by atoms with Gasteiger partial charge in [0, 0.05) is 18.2 Å². The van der Waals surface area contributed by atoms with Crippen LogP contribution in [-0.4, -0.2) is 30.2 Å². The van der Waals surface area contributed by atoms with E-state index >= 15 is 0 Å². The first-order valence-corrected chi connectivity index (χ1v) is 6.64. The smallest absolute Gasteiger partial charge is 0.234 e. The van der Waals surface area contributed by atoms with E-state index in [0.29, 0.717) is 24.9 Å². The number of phenols is 1. The largest absolute Gasteiger partial charge is 0.504 e. The number of rotatable bonds is 7. The summed E-state index contributed by atoms with van der Waals surface area (Å²) in [6, 6.07) is 5.74. The van der Waals surface area contributed by atoms with Crippen LogP contribution in [0.25, 0.3) is 0 Å². The SMILES string of the molecule is CCOc1cccc(CNCC(=O)NC2CC2)c1O. The van der Waals surface area contributed by atoms with E-state index in [0.717, 1.165) is 18.4 Å². The van der Waals surface area contributed by atoms with E-state index in [-0.39, 0.29) is 18.2 Å². The number of hydrogen-bond acceptors (Lipinski definition) is 4. The molecule has 0 atom stereocenters. The zero-order valence-electron chi connectivity index (χ0n) is 11.1. The topological polar surface area (TPSA) is 70.6 Å². The van der Waals surface area contributed by atoms with Gasteiger partial charge in [0.05, 0.1) is 13.2 Å². The molecule has 0 saturated heterocycles. The molecular formula is C14H20N2O3. The normalized spacial score (nSPS) is 14.2. The van der Waals surface area contributed by atoms with Crippen molar-refractivity contribution in [3.05, 3.63) is 23.8 Å². The lowest BCUT2D eigenvalue weighted by atomic mass is 10.2. The van der Waals surface area contributed by atoms with Gasteiger partial charge in [0.25, 0.3) is 0 Å². The second kappa shape index (κ2) is 6.43. The van der Waals surface area contributed by atoms with Crippen molar-refractivity contribution in [2.75, 3.05) is 13.2 Å². The Morgan fingerprint density at radius 1 is 1.47 bits per heavy atom. The zero-order valence-corrected chi connectivity index (χ0v) is 11.1. The number of nitrogens with one attached hydrogen (secondary N) is 2. The van der Waals surface area contributed by atoms with Crippen LogP contribution in [0.2, 0.25) is 0 Å². The van der Waals surface area contributed by atoms with Crippen LogP contribution >= 0.6 is 0 Å². The molecule has 3 N–H and O–H groups in total. The highest BCUT2D eigenvalue weighted by atomic mass is 16.5. The van der Waals surface area contributed by atoms with E-state index in [1.165, 1.54) is 0 Å². The van der Waals surface area contributed by atoms with Gasteiger partial charge in [-0.15, -0.1) is 0 Å². The maximum Gasteiger partial charge on any atom is 0.234 e. The van der Waals surface area contributed by atoms with Crippen LogP contribution in [-0.2, 0) is 11.3 Å². The number of aromatic hydroxyl groups is 1. The molecule has 5 nitrogen and oxygen atoms in total. The van der Waals surface area contributed by atoms with Gasteiger partial charge >= 0.3 is 0 Å². The first kappa shape index (κ1) is 13.7. The number of phenolic OH excluding ortho intramolecular Hbond substituents is 1. The standard InChI is InChI=1S/C14H20N2O3/c1-2-19-12-5-3-4-10(14(12)18)8-15-9-13(17)16-11-6-7-11/h3-5,11,15,18H,2,6-9H2,1H3,(H,16,17). The maximum atomic E-state index is 11.5. The average molecular weight is 264 g/mol. The van der Waals surface area contributed by atoms with Crippen molar-refractivity contribution in [3.63, 3.8) is 0 Å². The van der Waals surface area contributed by atoms with Gasteiger partial charge in [-0.25, -0.2) is 0 Å². The minimum atomic E-state index is 0.00273. The van der Waals surface area contributed by atoms with Crippen LogP contribution < -0.4 is 15.4 Å². The summed E-state index contributed by atoms with van der Waals surface area (Å²) >= 11 is 0. The fourth-order valence-corrected chi connectivity index (χ4v) is 1.80. The molecule has 1 saturated carbocycles. The molecule has 5 heteroatoms. The highest BCUT2D eigenvalue weighted by Crippen LogP contribution is 2.29. The van der Waals surface area contributed by atoms with Crippen molar-refractivity contribution in [2.24, 2.45) is 0 Å². The average Bonchev–Trinajstić information content (AvgIpc) is 3.18. The third-order valence-electron chi connectivity index (χ3n) is 2.93. The molecule has 0 aromatic heterocycles. The van der Waals surface area contributed by atoms with E-state index in [2.05, 4.69) is 10.6 Å². The molecule has 0 spiro atoms. The summed E-state index contributed by atoms with van der Waals surface area (Å²) < 4.78 is 5.31. The molecule has 2 rings (SSSR count). The zero-order chi connectivity index (χ0) is 13.7. The van der Waals surface area contributed by atoms with Crippen molar-refractivity contribution in [1.29, 1.82) is 0 Å². The molecule has 0 aliphatic heterocycles. The second-order valence-corrected chi connectivity index (χ2v) is 4.64. The number of amides is 1. The summed E-state index contributed by atoms with van der Waals surface area (Å²) in [6.07, 6.45) is 2.17. The minimum Gasteiger partial charge on any atom is -0.504 e. The number of ether oxygens (including phenoxy) is 1. The highest BCUT2D eigenvalue weighted by molar-refractivity contribution is 5.78. The third-order valence-corrected chi connectivity index (χ3v) is 2.93. The summed E-state index contributed by atoms with van der Waals surface area (Å²) in [7, 11) is 0. The number of carbonyl (C=O) groups is 1. The van der Waals surface area contributed by atoms with Gasteiger partial charge in [0.2, 0.25) is 5.91 Å². The first-order valence-electron chi connectivity index (χ1n) is 6.64. The summed E-state index contributed by atoms with van der Waals surface area (Å²) in [5, 5.41) is 15.9. The summed E-state index contributed by atoms with van der Waals surface area (Å²) in [5.74, 6) is 0.617. The van der Waals surface area contributed by atoms with Crippen LogP contribution in [0.5, 0.6) is 11.5 Å². The summed E-state index contributed by atoms with van der Waals surface area (Å²) in [4.78, 5) is 11.5. The van der Waals surface area contributed by atoms with Crippen molar-refractivity contribution in [3.8, 4) is 11.5 Å². The van der Waals surface area contributed by atoms with Gasteiger partial charge in [-0.05, 0) is 25.8 Å². The molecule has 0 bridgehead atoms. The molecule has 1 fully saturated rings. The molecule has 0 heterocycles. The Bertz CT molecular complexity index is 444. The molecule has 1 aromatic carbocycles. The van der Waals surface area contributed by atoms with Crippen molar-refractivity contribution in [1.82, 2.24) is 10.6 Å². The number of hydrogen-bond donors (Lipinski definition) is 3. The Labute approximate surface area is 113 Å². The Hall–Kier alpha value is -1.75. The van der Waals surface area contributed by atoms with Gasteiger partial charge in [0.15, 0.2) is 11.5 Å². The fraction of sp³-hybridized carbons (Fsp3) is 0.500. The van der Waals surface area contributed by atoms with Gasteiger partial charge in [-0.3, -0.25) is 4.79 Å². The molecule has 1 aromatic rings. The van der Waals surface area contributed by atoms with Crippen molar-refractivity contribution < 1.29 is 14.6 Å². The molecule has 0 unspecified atom stereocenters. The van der Waals surface area contributed by atoms with E-state index in [9.17, 15) is 9.90 Å². The molecule has 1 aliphatic carbocycles. The van der Waals surface area contributed by atoms with Crippen LogP contribution in [0.3, 0.4) is 0 Å². The predicted molar refractivity (Wildman–Crippen MR) is 72.1 cm³/mol. The molecule has 1 amide bonds. The van der Waals surface area contributed by atoms with E-state index in [4.69, 9.17) is 4.74 Å². The van der Waals surface area contributed by atoms with Crippen molar-refractivity contribution >= 4 is 5.91 Å². The van der Waals surface area contributed by atoms with Gasteiger partial charge in [-0.1, -0.05) is 12.1 Å². The maximum absolute atomic E-state index is 11.5. The monoisotopic (exact) mass is 264 g/mol. The third kappa shape index (κ3) is 4.13. The lowest BCUT2D eigenvalue weighted by molar-refractivity contribution is -0.120. The van der Waals surface area contributed by atoms with E-state index < -0.39 is 0 Å². The quantitative estimate of drug-likeness (QED) is 0.691. The Morgan fingerprint density at radius 3 is 2.95 bits per heavy atom. The number of carbonyl (C=O) groups excluding carboxylic acids is 1. The molecular weight excluding hydrogens is 244 g/mol. The first-order chi connectivity index (χ1) is 9.20. The van der Waals surface area contributed by atoms with Crippen LogP contribution in [0, 0.1) is 0 Å². The lowest BCUT2D eigenvalue weighted by Gasteiger charge is -2.11. The van der Waals surface area contributed by atoms with Crippen LogP contribution in [0.1, 0.15) is 25.3 Å². The summed E-state index contributed by atoms with van der Waals surface area (Å²) in [6.45, 7) is 3.07. The predicted octanol–water partition coefficient (Wildman–Crippen LogP) is 1.16. The number of benzene rings is 1. The summed E-state index contributed by atoms with van der Waals surface area (Å²) in [5.41, 5.74) is 0.727. The molecule has 1 aliphatic rings. The Morgan fingerprint density at radius 2 is 2.26 bits per heavy atom. The highest BCUT2D eigenvalue weighted by Gasteiger charge is 2.22. The Kier molecular flexibility index (Phi) is 4.63. The van der Waals surface area contributed by atoms with Crippen molar-refractivity contribution in [2.45, 2.75) is 32.4 Å². The lowest BCUT2D eigenvalue weighted by Crippen LogP contribution is -2.34. The van der Waals surface area contributed by atoms with E-state index in [1.807, 2.05) is 19.1 Å². The molecule has 104 valence electrons. The molecule has 19 heavy (non-hydrogen) atoms. The number of para-hydroxylation sites is 1. The van der Waals surface area contributed by atoms with Crippen LogP contribution in [0.4, 0.5) is 0 Å².